The molecule has 6 nitrogen and oxygen atoms in total. The summed E-state index contributed by atoms with van der Waals surface area (Å²) in [6.07, 6.45) is 2.62. The second kappa shape index (κ2) is 5.57. The van der Waals surface area contributed by atoms with Crippen LogP contribution in [0.1, 0.15) is 31.1 Å². The van der Waals surface area contributed by atoms with Gasteiger partial charge in [0.05, 0.1) is 17.4 Å². The molecule has 2 rings (SSSR count). The molecule has 1 N–H and O–H groups in total. The molecule has 0 radical (unpaired) electrons. The van der Waals surface area contributed by atoms with E-state index in [2.05, 4.69) is 4.98 Å². The molecule has 1 aromatic heterocycles. The van der Waals surface area contributed by atoms with Gasteiger partial charge in [0.15, 0.2) is 17.9 Å². The van der Waals surface area contributed by atoms with E-state index in [4.69, 9.17) is 9.15 Å². The molecule has 0 saturated carbocycles. The van der Waals surface area contributed by atoms with Gasteiger partial charge in [0.2, 0.25) is 0 Å². The molecule has 6 heteroatoms. The van der Waals surface area contributed by atoms with Crippen LogP contribution in [0.15, 0.2) is 29.1 Å². The maximum absolute atomic E-state index is 12.1. The molecule has 0 spiro atoms. The van der Waals surface area contributed by atoms with Crippen molar-refractivity contribution in [2.24, 2.45) is 0 Å². The normalized spacial score (nSPS) is 11.4. The van der Waals surface area contributed by atoms with Crippen LogP contribution in [0.5, 0.6) is 11.5 Å². The van der Waals surface area contributed by atoms with E-state index in [1.807, 2.05) is 0 Å². The summed E-state index contributed by atoms with van der Waals surface area (Å²) in [6.45, 7) is 4.50. The lowest BCUT2D eigenvalue weighted by atomic mass is 10.0. The van der Waals surface area contributed by atoms with Crippen molar-refractivity contribution in [2.45, 2.75) is 26.4 Å². The number of oxazole rings is 1. The van der Waals surface area contributed by atoms with Gasteiger partial charge in [-0.3, -0.25) is 4.79 Å². The second-order valence-corrected chi connectivity index (χ2v) is 5.37. The van der Waals surface area contributed by atoms with Gasteiger partial charge in [-0.25, -0.2) is 4.98 Å². The lowest BCUT2D eigenvalue weighted by Gasteiger charge is -2.21. The number of ketones is 1. The van der Waals surface area contributed by atoms with Crippen molar-refractivity contribution in [3.8, 4) is 22.8 Å². The fourth-order valence-electron chi connectivity index (χ4n) is 1.75. The Balaban J connectivity index is 2.45. The predicted octanol–water partition coefficient (Wildman–Crippen LogP) is 1.77. The van der Waals surface area contributed by atoms with Crippen LogP contribution < -0.4 is 9.84 Å². The lowest BCUT2D eigenvalue weighted by Crippen LogP contribution is -2.28. The number of benzene rings is 1. The minimum atomic E-state index is -1.06. The summed E-state index contributed by atoms with van der Waals surface area (Å²) in [4.78, 5) is 15.4. The predicted molar refractivity (Wildman–Crippen MR) is 73.2 cm³/mol. The minimum Gasteiger partial charge on any atom is -0.872 e. The fraction of sp³-hybridized carbons (Fsp3) is 0.333. The first-order chi connectivity index (χ1) is 9.78. The first-order valence-electron chi connectivity index (χ1n) is 6.38. The number of aromatic nitrogens is 1. The number of nitrogens with zero attached hydrogens (tertiary/aromatic N) is 1. The summed E-state index contributed by atoms with van der Waals surface area (Å²) in [5.41, 5.74) is -0.632. The standard InChI is InChI=1S/C15H17NO5/c1-9(17)10-4-12(18)11(14-6-16-8-21-14)5-13(10)20-7-15(2,3)19/h4-6,8,18-19H,7H2,1-3H3/p-1. The summed E-state index contributed by atoms with van der Waals surface area (Å²) in [5, 5.41) is 21.8. The van der Waals surface area contributed by atoms with E-state index in [0.29, 0.717) is 5.76 Å². The molecule has 0 saturated heterocycles. The Kier molecular flexibility index (Phi) is 3.99. The monoisotopic (exact) mass is 290 g/mol. The zero-order valence-corrected chi connectivity index (χ0v) is 12.0. The molecule has 0 aliphatic rings. The van der Waals surface area contributed by atoms with Crippen molar-refractivity contribution in [3.05, 3.63) is 30.3 Å². The van der Waals surface area contributed by atoms with Crippen molar-refractivity contribution < 1.29 is 24.2 Å². The van der Waals surface area contributed by atoms with Crippen LogP contribution in [0.4, 0.5) is 0 Å². The molecule has 112 valence electrons. The van der Waals surface area contributed by atoms with E-state index in [0.717, 1.165) is 0 Å². The Bertz CT molecular complexity index is 641. The summed E-state index contributed by atoms with van der Waals surface area (Å²) in [6, 6.07) is 2.64. The highest BCUT2D eigenvalue weighted by molar-refractivity contribution is 5.98. The van der Waals surface area contributed by atoms with E-state index in [1.165, 1.54) is 31.6 Å². The van der Waals surface area contributed by atoms with Crippen LogP contribution in [0, 0.1) is 0 Å². The van der Waals surface area contributed by atoms with E-state index in [1.54, 1.807) is 13.8 Å². The molecule has 0 amide bonds. The molecule has 0 bridgehead atoms. The van der Waals surface area contributed by atoms with E-state index in [9.17, 15) is 15.0 Å². The first-order valence-corrected chi connectivity index (χ1v) is 6.38. The van der Waals surface area contributed by atoms with Gasteiger partial charge in [0.1, 0.15) is 12.4 Å². The van der Waals surface area contributed by atoms with Crippen molar-refractivity contribution in [3.63, 3.8) is 0 Å². The summed E-state index contributed by atoms with van der Waals surface area (Å²) in [7, 11) is 0. The van der Waals surface area contributed by atoms with Crippen molar-refractivity contribution in [2.75, 3.05) is 6.61 Å². The van der Waals surface area contributed by atoms with E-state index >= 15 is 0 Å². The van der Waals surface area contributed by atoms with Gasteiger partial charge in [-0.15, -0.1) is 0 Å². The molecule has 1 aromatic carbocycles. The number of hydrogen-bond acceptors (Lipinski definition) is 6. The maximum Gasteiger partial charge on any atom is 0.181 e. The largest absolute Gasteiger partial charge is 0.872 e. The minimum absolute atomic E-state index is 0.0126. The molecule has 1 heterocycles. The number of hydrogen-bond donors (Lipinski definition) is 1. The average Bonchev–Trinajstić information content (AvgIpc) is 2.89. The number of rotatable bonds is 5. The second-order valence-electron chi connectivity index (χ2n) is 5.37. The lowest BCUT2D eigenvalue weighted by molar-refractivity contribution is -0.267. The molecule has 2 aromatic rings. The number of carbonyl (C=O) groups excluding carboxylic acids is 1. The van der Waals surface area contributed by atoms with Crippen molar-refractivity contribution >= 4 is 5.78 Å². The van der Waals surface area contributed by atoms with Crippen molar-refractivity contribution in [1.82, 2.24) is 4.98 Å². The molecular formula is C15H16NO5-. The van der Waals surface area contributed by atoms with Crippen LogP contribution in [0.3, 0.4) is 0 Å². The van der Waals surface area contributed by atoms with Crippen molar-refractivity contribution in [1.29, 1.82) is 0 Å². The summed E-state index contributed by atoms with van der Waals surface area (Å²) < 4.78 is 10.6. The van der Waals surface area contributed by atoms with Crippen LogP contribution >= 0.6 is 0 Å². The molecule has 0 aliphatic carbocycles. The molecule has 21 heavy (non-hydrogen) atoms. The highest BCUT2D eigenvalue weighted by Gasteiger charge is 2.18. The third kappa shape index (κ3) is 3.61. The molecule has 0 atom stereocenters. The average molecular weight is 290 g/mol. The van der Waals surface area contributed by atoms with Crippen LogP contribution in [-0.2, 0) is 0 Å². The third-order valence-electron chi connectivity index (χ3n) is 2.74. The van der Waals surface area contributed by atoms with Crippen LogP contribution in [0.2, 0.25) is 0 Å². The van der Waals surface area contributed by atoms with E-state index < -0.39 is 5.60 Å². The fourth-order valence-corrected chi connectivity index (χ4v) is 1.75. The molecule has 0 aliphatic heterocycles. The molecular weight excluding hydrogens is 274 g/mol. The van der Waals surface area contributed by atoms with Gasteiger partial charge in [0, 0.05) is 5.56 Å². The highest BCUT2D eigenvalue weighted by atomic mass is 16.5. The number of aliphatic hydroxyl groups is 1. The van der Waals surface area contributed by atoms with Gasteiger partial charge in [-0.2, -0.15) is 0 Å². The molecule has 0 fully saturated rings. The van der Waals surface area contributed by atoms with Gasteiger partial charge >= 0.3 is 0 Å². The SMILES string of the molecule is CC(=O)c1cc([O-])c(-c2cnco2)cc1OCC(C)(C)O. The summed E-state index contributed by atoms with van der Waals surface area (Å²) in [5.74, 6) is -0.117. The first kappa shape index (κ1) is 15.1. The number of Topliss-reactive ketones (excluding diaryl/α,β-unsaturated/α-hetero) is 1. The number of carbonyl (C=O) groups is 1. The van der Waals surface area contributed by atoms with Crippen LogP contribution in [-0.4, -0.2) is 28.1 Å². The van der Waals surface area contributed by atoms with Crippen LogP contribution in [0.25, 0.3) is 11.3 Å². The van der Waals surface area contributed by atoms with Gasteiger partial charge in [0.25, 0.3) is 0 Å². The quantitative estimate of drug-likeness (QED) is 0.843. The molecule has 0 unspecified atom stereocenters. The smallest absolute Gasteiger partial charge is 0.181 e. The Hall–Kier alpha value is -2.34. The van der Waals surface area contributed by atoms with Gasteiger partial charge < -0.3 is 19.4 Å². The van der Waals surface area contributed by atoms with Gasteiger partial charge in [-0.1, -0.05) is 11.8 Å². The Morgan fingerprint density at radius 3 is 2.71 bits per heavy atom. The summed E-state index contributed by atoms with van der Waals surface area (Å²) >= 11 is 0. The topological polar surface area (TPSA) is 95.6 Å². The zero-order chi connectivity index (χ0) is 15.6. The van der Waals surface area contributed by atoms with Gasteiger partial charge in [-0.05, 0) is 26.8 Å². The Morgan fingerprint density at radius 2 is 2.19 bits per heavy atom. The number of ether oxygens (including phenoxy) is 1. The maximum atomic E-state index is 12.1. The van der Waals surface area contributed by atoms with E-state index in [-0.39, 0.29) is 35.0 Å². The Morgan fingerprint density at radius 1 is 1.48 bits per heavy atom. The zero-order valence-electron chi connectivity index (χ0n) is 12.0. The third-order valence-corrected chi connectivity index (χ3v) is 2.74. The Labute approximate surface area is 122 Å². The highest BCUT2D eigenvalue weighted by Crippen LogP contribution is 2.34.